The summed E-state index contributed by atoms with van der Waals surface area (Å²) in [6.45, 7) is 3.72. The van der Waals surface area contributed by atoms with E-state index in [0.717, 1.165) is 15.4 Å². The van der Waals surface area contributed by atoms with Gasteiger partial charge >= 0.3 is 0 Å². The summed E-state index contributed by atoms with van der Waals surface area (Å²) in [5.74, 6) is -0.316. The minimum atomic E-state index is -3.80. The monoisotopic (exact) mass is 343 g/mol. The van der Waals surface area contributed by atoms with Crippen LogP contribution < -0.4 is 0 Å². The highest BCUT2D eigenvalue weighted by molar-refractivity contribution is 7.89. The Hall–Kier alpha value is -2.14. The highest BCUT2D eigenvalue weighted by Gasteiger charge is 2.43. The maximum atomic E-state index is 12.9. The number of hydrogen-bond donors (Lipinski definition) is 0. The minimum absolute atomic E-state index is 0.000114. The van der Waals surface area contributed by atoms with Crippen molar-refractivity contribution in [3.05, 3.63) is 65.7 Å². The number of aryl methyl sites for hydroxylation is 1. The van der Waals surface area contributed by atoms with Gasteiger partial charge in [0.15, 0.2) is 0 Å². The second kappa shape index (κ2) is 6.40. The average molecular weight is 343 g/mol. The zero-order chi connectivity index (χ0) is 17.3. The van der Waals surface area contributed by atoms with E-state index in [0.29, 0.717) is 6.42 Å². The molecule has 1 fully saturated rings. The summed E-state index contributed by atoms with van der Waals surface area (Å²) in [6, 6.07) is 16.2. The Kier molecular flexibility index (Phi) is 4.45. The third-order valence-corrected chi connectivity index (χ3v) is 6.58. The Morgan fingerprint density at radius 2 is 1.67 bits per heavy atom. The van der Waals surface area contributed by atoms with Gasteiger partial charge in [0.2, 0.25) is 5.91 Å². The molecule has 0 bridgehead atoms. The summed E-state index contributed by atoms with van der Waals surface area (Å²) in [7, 11) is -3.80. The molecule has 0 aliphatic carbocycles. The molecule has 1 aliphatic heterocycles. The standard InChI is InChI=1S/C19H21NO3S/c1-14-8-10-18(11-9-14)24(22,23)20-15(2)17(13-19(20)21)12-16-6-4-3-5-7-16/h3-11,15,17H,12-13H2,1-2H3/t15-,17+/m0/s1. The highest BCUT2D eigenvalue weighted by Crippen LogP contribution is 2.33. The molecule has 5 heteroatoms. The molecule has 1 amide bonds. The fourth-order valence-corrected chi connectivity index (χ4v) is 4.90. The molecule has 24 heavy (non-hydrogen) atoms. The second-order valence-electron chi connectivity index (χ2n) is 6.40. The van der Waals surface area contributed by atoms with Gasteiger partial charge < -0.3 is 0 Å². The predicted octanol–water partition coefficient (Wildman–Crippen LogP) is 3.16. The van der Waals surface area contributed by atoms with Crippen molar-refractivity contribution in [1.29, 1.82) is 0 Å². The van der Waals surface area contributed by atoms with E-state index >= 15 is 0 Å². The summed E-state index contributed by atoms with van der Waals surface area (Å²) in [5.41, 5.74) is 2.11. The van der Waals surface area contributed by atoms with Crippen LogP contribution in [-0.4, -0.2) is 24.7 Å². The molecular formula is C19H21NO3S. The van der Waals surface area contributed by atoms with Crippen LogP contribution in [0.25, 0.3) is 0 Å². The Bertz CT molecular complexity index is 829. The van der Waals surface area contributed by atoms with Crippen molar-refractivity contribution in [1.82, 2.24) is 4.31 Å². The molecule has 2 aromatic rings. The largest absolute Gasteiger partial charge is 0.274 e. The van der Waals surface area contributed by atoms with Gasteiger partial charge in [0.05, 0.1) is 4.90 Å². The molecule has 2 atom stereocenters. The van der Waals surface area contributed by atoms with E-state index in [-0.39, 0.29) is 29.2 Å². The Morgan fingerprint density at radius 1 is 1.04 bits per heavy atom. The summed E-state index contributed by atoms with van der Waals surface area (Å²) >= 11 is 0. The van der Waals surface area contributed by atoms with Gasteiger partial charge in [-0.15, -0.1) is 0 Å². The Balaban J connectivity index is 1.86. The van der Waals surface area contributed by atoms with Crippen molar-refractivity contribution in [2.45, 2.75) is 37.6 Å². The van der Waals surface area contributed by atoms with E-state index in [2.05, 4.69) is 0 Å². The molecule has 0 aromatic heterocycles. The SMILES string of the molecule is Cc1ccc(S(=O)(=O)N2C(=O)C[C@@H](Cc3ccccc3)[C@@H]2C)cc1. The van der Waals surface area contributed by atoms with Crippen molar-refractivity contribution in [2.24, 2.45) is 5.92 Å². The molecular weight excluding hydrogens is 322 g/mol. The highest BCUT2D eigenvalue weighted by atomic mass is 32.2. The number of rotatable bonds is 4. The zero-order valence-electron chi connectivity index (χ0n) is 13.8. The van der Waals surface area contributed by atoms with E-state index in [1.54, 1.807) is 24.3 Å². The molecule has 0 spiro atoms. The Labute approximate surface area is 143 Å². The third kappa shape index (κ3) is 3.08. The van der Waals surface area contributed by atoms with Gasteiger partial charge in [0.25, 0.3) is 10.0 Å². The summed E-state index contributed by atoms with van der Waals surface area (Å²) < 4.78 is 26.8. The fourth-order valence-electron chi connectivity index (χ4n) is 3.24. The lowest BCUT2D eigenvalue weighted by Crippen LogP contribution is -2.38. The quantitative estimate of drug-likeness (QED) is 0.857. The van der Waals surface area contributed by atoms with Crippen LogP contribution in [0.3, 0.4) is 0 Å². The summed E-state index contributed by atoms with van der Waals surface area (Å²) in [4.78, 5) is 12.6. The van der Waals surface area contributed by atoms with Crippen LogP contribution in [0.5, 0.6) is 0 Å². The topological polar surface area (TPSA) is 54.5 Å². The lowest BCUT2D eigenvalue weighted by Gasteiger charge is -2.24. The van der Waals surface area contributed by atoms with Crippen LogP contribution in [0.1, 0.15) is 24.5 Å². The van der Waals surface area contributed by atoms with E-state index in [1.807, 2.05) is 44.2 Å². The van der Waals surface area contributed by atoms with Gasteiger partial charge in [0.1, 0.15) is 0 Å². The van der Waals surface area contributed by atoms with Gasteiger partial charge in [-0.1, -0.05) is 48.0 Å². The minimum Gasteiger partial charge on any atom is -0.274 e. The number of hydrogen-bond acceptors (Lipinski definition) is 3. The van der Waals surface area contributed by atoms with Crippen molar-refractivity contribution >= 4 is 15.9 Å². The lowest BCUT2D eigenvalue weighted by molar-refractivity contribution is -0.124. The Morgan fingerprint density at radius 3 is 2.29 bits per heavy atom. The number of amides is 1. The molecule has 0 saturated carbocycles. The van der Waals surface area contributed by atoms with Crippen LogP contribution >= 0.6 is 0 Å². The first-order valence-corrected chi connectivity index (χ1v) is 9.51. The molecule has 4 nitrogen and oxygen atoms in total. The molecule has 0 unspecified atom stereocenters. The lowest BCUT2D eigenvalue weighted by atomic mass is 9.93. The predicted molar refractivity (Wildman–Crippen MR) is 92.9 cm³/mol. The molecule has 0 radical (unpaired) electrons. The van der Waals surface area contributed by atoms with E-state index < -0.39 is 10.0 Å². The first-order chi connectivity index (χ1) is 11.4. The van der Waals surface area contributed by atoms with Gasteiger partial charge in [-0.05, 0) is 43.9 Å². The van der Waals surface area contributed by atoms with Crippen molar-refractivity contribution < 1.29 is 13.2 Å². The number of sulfonamides is 1. The smallest absolute Gasteiger partial charge is 0.266 e. The maximum absolute atomic E-state index is 12.9. The second-order valence-corrected chi connectivity index (χ2v) is 8.22. The molecule has 2 aromatic carbocycles. The molecule has 0 N–H and O–H groups in total. The normalized spacial score (nSPS) is 21.2. The fraction of sp³-hybridized carbons (Fsp3) is 0.316. The summed E-state index contributed by atoms with van der Waals surface area (Å²) in [6.07, 6.45) is 0.967. The number of benzene rings is 2. The van der Waals surface area contributed by atoms with Crippen molar-refractivity contribution in [2.75, 3.05) is 0 Å². The zero-order valence-corrected chi connectivity index (χ0v) is 14.7. The van der Waals surface area contributed by atoms with E-state index in [4.69, 9.17) is 0 Å². The van der Waals surface area contributed by atoms with Crippen LogP contribution in [-0.2, 0) is 21.2 Å². The van der Waals surface area contributed by atoms with Crippen LogP contribution in [0.15, 0.2) is 59.5 Å². The van der Waals surface area contributed by atoms with Gasteiger partial charge in [-0.25, -0.2) is 12.7 Å². The number of carbonyl (C=O) groups excluding carboxylic acids is 1. The maximum Gasteiger partial charge on any atom is 0.266 e. The van der Waals surface area contributed by atoms with Crippen LogP contribution in [0.4, 0.5) is 0 Å². The van der Waals surface area contributed by atoms with E-state index in [1.165, 1.54) is 0 Å². The van der Waals surface area contributed by atoms with Gasteiger partial charge in [0, 0.05) is 12.5 Å². The van der Waals surface area contributed by atoms with Crippen LogP contribution in [0.2, 0.25) is 0 Å². The average Bonchev–Trinajstić information content (AvgIpc) is 2.83. The number of carbonyl (C=O) groups is 1. The molecule has 3 rings (SSSR count). The molecule has 1 saturated heterocycles. The van der Waals surface area contributed by atoms with Crippen LogP contribution in [0, 0.1) is 12.8 Å². The van der Waals surface area contributed by atoms with E-state index in [9.17, 15) is 13.2 Å². The van der Waals surface area contributed by atoms with Crippen molar-refractivity contribution in [3.8, 4) is 0 Å². The first-order valence-electron chi connectivity index (χ1n) is 8.07. The number of nitrogens with zero attached hydrogens (tertiary/aromatic N) is 1. The first kappa shape index (κ1) is 16.7. The van der Waals surface area contributed by atoms with Crippen molar-refractivity contribution in [3.63, 3.8) is 0 Å². The molecule has 126 valence electrons. The summed E-state index contributed by atoms with van der Waals surface area (Å²) in [5, 5.41) is 0. The van der Waals surface area contributed by atoms with Gasteiger partial charge in [-0.2, -0.15) is 0 Å². The van der Waals surface area contributed by atoms with Gasteiger partial charge in [-0.3, -0.25) is 4.79 Å². The molecule has 1 aliphatic rings. The molecule has 1 heterocycles. The third-order valence-electron chi connectivity index (χ3n) is 4.65.